The van der Waals surface area contributed by atoms with Gasteiger partial charge < -0.3 is 9.47 Å². The van der Waals surface area contributed by atoms with Crippen LogP contribution in [0.1, 0.15) is 6.42 Å². The van der Waals surface area contributed by atoms with Gasteiger partial charge in [-0.05, 0) is 0 Å². The Balaban J connectivity index is 2.19. The van der Waals surface area contributed by atoms with Crippen molar-refractivity contribution in [2.24, 2.45) is 0 Å². The molecule has 0 N–H and O–H groups in total. The number of hydrogen-bond acceptors (Lipinski definition) is 3. The Morgan fingerprint density at radius 3 is 2.92 bits per heavy atom. The fourth-order valence-electron chi connectivity index (χ4n) is 0.906. The zero-order valence-corrected chi connectivity index (χ0v) is 6.96. The average Bonchev–Trinajstić information content (AvgIpc) is 2.15. The third kappa shape index (κ3) is 2.24. The molecule has 1 rings (SSSR count). The molecule has 0 aliphatic carbocycles. The largest absolute Gasteiger partial charge is 0.462 e. The lowest BCUT2D eigenvalue weighted by atomic mass is 10.1. The fraction of sp³-hybridized carbons (Fsp3) is 0.625. The van der Waals surface area contributed by atoms with Gasteiger partial charge in [-0.3, -0.25) is 0 Å². The maximum absolute atomic E-state index is 13.0. The topological polar surface area (TPSA) is 35.5 Å². The molecule has 1 saturated heterocycles. The number of rotatable bonds is 4. The molecule has 3 nitrogen and oxygen atoms in total. The highest BCUT2D eigenvalue weighted by Gasteiger charge is 2.50. The first-order chi connectivity index (χ1) is 6.08. The molecule has 0 saturated carbocycles. The third-order valence-corrected chi connectivity index (χ3v) is 1.79. The molecular formula is C8H10F2O3. The SMILES string of the molecule is C=CC(=O)OCCC1(F)OCC1F. The second kappa shape index (κ2) is 3.83. The molecule has 74 valence electrons. The molecule has 1 heterocycles. The number of carbonyl (C=O) groups is 1. The summed E-state index contributed by atoms with van der Waals surface area (Å²) in [7, 11) is 0. The van der Waals surface area contributed by atoms with Crippen molar-refractivity contribution in [2.75, 3.05) is 13.2 Å². The van der Waals surface area contributed by atoms with Gasteiger partial charge in [0, 0.05) is 12.5 Å². The number of carbonyl (C=O) groups excluding carboxylic acids is 1. The summed E-state index contributed by atoms with van der Waals surface area (Å²) in [5.41, 5.74) is 0. The van der Waals surface area contributed by atoms with E-state index in [1.165, 1.54) is 0 Å². The second-order valence-corrected chi connectivity index (χ2v) is 2.69. The van der Waals surface area contributed by atoms with Crippen molar-refractivity contribution in [3.63, 3.8) is 0 Å². The summed E-state index contributed by atoms with van der Waals surface area (Å²) in [6.07, 6.45) is -0.942. The van der Waals surface area contributed by atoms with E-state index < -0.39 is 18.0 Å². The Bertz CT molecular complexity index is 219. The van der Waals surface area contributed by atoms with Gasteiger partial charge >= 0.3 is 5.97 Å². The van der Waals surface area contributed by atoms with Gasteiger partial charge in [-0.1, -0.05) is 6.58 Å². The summed E-state index contributed by atoms with van der Waals surface area (Å²) in [6, 6.07) is 0. The van der Waals surface area contributed by atoms with Crippen LogP contribution in [0.5, 0.6) is 0 Å². The maximum atomic E-state index is 13.0. The van der Waals surface area contributed by atoms with Gasteiger partial charge in [0.25, 0.3) is 0 Å². The van der Waals surface area contributed by atoms with E-state index >= 15 is 0 Å². The molecule has 1 aliphatic rings. The highest BCUT2D eigenvalue weighted by atomic mass is 19.2. The quantitative estimate of drug-likeness (QED) is 0.495. The van der Waals surface area contributed by atoms with Crippen molar-refractivity contribution in [3.05, 3.63) is 12.7 Å². The van der Waals surface area contributed by atoms with Gasteiger partial charge in [-0.25, -0.2) is 13.6 Å². The Labute approximate surface area is 74.3 Å². The van der Waals surface area contributed by atoms with Crippen LogP contribution in [-0.4, -0.2) is 31.2 Å². The highest BCUT2D eigenvalue weighted by molar-refractivity contribution is 5.81. The van der Waals surface area contributed by atoms with Crippen LogP contribution in [0.4, 0.5) is 8.78 Å². The first-order valence-electron chi connectivity index (χ1n) is 3.84. The molecule has 0 aromatic carbocycles. The number of halogens is 2. The number of esters is 1. The summed E-state index contributed by atoms with van der Waals surface area (Å²) < 4.78 is 34.4. The third-order valence-electron chi connectivity index (χ3n) is 1.79. The predicted octanol–water partition coefficient (Wildman–Crippen LogP) is 1.14. The van der Waals surface area contributed by atoms with E-state index in [9.17, 15) is 13.6 Å². The van der Waals surface area contributed by atoms with Gasteiger partial charge in [0.05, 0.1) is 13.2 Å². The molecule has 0 spiro atoms. The number of alkyl halides is 2. The Hall–Kier alpha value is -0.970. The van der Waals surface area contributed by atoms with Crippen molar-refractivity contribution < 1.29 is 23.0 Å². The molecule has 0 aromatic heterocycles. The van der Waals surface area contributed by atoms with Crippen LogP contribution >= 0.6 is 0 Å². The van der Waals surface area contributed by atoms with Gasteiger partial charge in [-0.15, -0.1) is 0 Å². The Kier molecular flexibility index (Phi) is 2.98. The lowest BCUT2D eigenvalue weighted by Gasteiger charge is -2.37. The monoisotopic (exact) mass is 192 g/mol. The predicted molar refractivity (Wildman–Crippen MR) is 40.5 cm³/mol. The average molecular weight is 192 g/mol. The van der Waals surface area contributed by atoms with Crippen LogP contribution < -0.4 is 0 Å². The summed E-state index contributed by atoms with van der Waals surface area (Å²) in [6.45, 7) is 2.71. The standard InChI is InChI=1S/C8H10F2O3/c1-2-7(11)12-4-3-8(10)6(9)5-13-8/h2,6H,1,3-5H2. The molecule has 13 heavy (non-hydrogen) atoms. The molecule has 2 unspecified atom stereocenters. The van der Waals surface area contributed by atoms with Crippen LogP contribution in [0.25, 0.3) is 0 Å². The van der Waals surface area contributed by atoms with Crippen LogP contribution in [0.15, 0.2) is 12.7 Å². The van der Waals surface area contributed by atoms with E-state index in [0.29, 0.717) is 0 Å². The molecule has 1 fully saturated rings. The normalized spacial score (nSPS) is 32.0. The van der Waals surface area contributed by atoms with Crippen molar-refractivity contribution in [1.29, 1.82) is 0 Å². The lowest BCUT2D eigenvalue weighted by Crippen LogP contribution is -2.52. The van der Waals surface area contributed by atoms with Crippen molar-refractivity contribution in [1.82, 2.24) is 0 Å². The van der Waals surface area contributed by atoms with Gasteiger partial charge in [0.2, 0.25) is 5.85 Å². The minimum absolute atomic E-state index is 0.207. The highest BCUT2D eigenvalue weighted by Crippen LogP contribution is 2.34. The van der Waals surface area contributed by atoms with E-state index in [1.54, 1.807) is 0 Å². The summed E-state index contributed by atoms with van der Waals surface area (Å²) in [4.78, 5) is 10.5. The van der Waals surface area contributed by atoms with Gasteiger partial charge in [0.15, 0.2) is 6.17 Å². The first kappa shape index (κ1) is 10.1. The minimum Gasteiger partial charge on any atom is -0.462 e. The summed E-state index contributed by atoms with van der Waals surface area (Å²) >= 11 is 0. The van der Waals surface area contributed by atoms with Crippen molar-refractivity contribution in [3.8, 4) is 0 Å². The van der Waals surface area contributed by atoms with Crippen molar-refractivity contribution in [2.45, 2.75) is 18.4 Å². The zero-order chi connectivity index (χ0) is 9.90. The molecule has 0 amide bonds. The molecule has 0 radical (unpaired) electrons. The smallest absolute Gasteiger partial charge is 0.330 e. The number of ether oxygens (including phenoxy) is 2. The van der Waals surface area contributed by atoms with Gasteiger partial charge in [-0.2, -0.15) is 0 Å². The first-order valence-corrected chi connectivity index (χ1v) is 3.84. The van der Waals surface area contributed by atoms with Gasteiger partial charge in [0.1, 0.15) is 0 Å². The molecule has 2 atom stereocenters. The zero-order valence-electron chi connectivity index (χ0n) is 6.96. The van der Waals surface area contributed by atoms with E-state index in [2.05, 4.69) is 16.1 Å². The van der Waals surface area contributed by atoms with E-state index in [4.69, 9.17) is 0 Å². The lowest BCUT2D eigenvalue weighted by molar-refractivity contribution is -0.289. The molecule has 5 heteroatoms. The maximum Gasteiger partial charge on any atom is 0.330 e. The fourth-order valence-corrected chi connectivity index (χ4v) is 0.906. The van der Waals surface area contributed by atoms with Crippen LogP contribution in [-0.2, 0) is 14.3 Å². The summed E-state index contributed by atoms with van der Waals surface area (Å²) in [5, 5.41) is 0. The Morgan fingerprint density at radius 2 is 2.54 bits per heavy atom. The van der Waals surface area contributed by atoms with Crippen LogP contribution in [0.2, 0.25) is 0 Å². The van der Waals surface area contributed by atoms with Crippen LogP contribution in [0, 0.1) is 0 Å². The number of hydrogen-bond donors (Lipinski definition) is 0. The van der Waals surface area contributed by atoms with E-state index in [-0.39, 0.29) is 19.6 Å². The second-order valence-electron chi connectivity index (χ2n) is 2.69. The minimum atomic E-state index is -2.26. The Morgan fingerprint density at radius 1 is 1.85 bits per heavy atom. The molecule has 0 aromatic rings. The molecular weight excluding hydrogens is 182 g/mol. The molecule has 1 aliphatic heterocycles. The van der Waals surface area contributed by atoms with E-state index in [1.807, 2.05) is 0 Å². The van der Waals surface area contributed by atoms with E-state index in [0.717, 1.165) is 6.08 Å². The molecule has 0 bridgehead atoms. The van der Waals surface area contributed by atoms with Crippen molar-refractivity contribution >= 4 is 5.97 Å². The summed E-state index contributed by atoms with van der Waals surface area (Å²) in [5.74, 6) is -2.92. The van der Waals surface area contributed by atoms with Crippen LogP contribution in [0.3, 0.4) is 0 Å².